The number of imide groups is 1. The van der Waals surface area contributed by atoms with Crippen molar-refractivity contribution in [3.05, 3.63) is 58.1 Å². The van der Waals surface area contributed by atoms with Gasteiger partial charge in [0.2, 0.25) is 5.76 Å². The topological polar surface area (TPSA) is 80.1 Å². The van der Waals surface area contributed by atoms with Crippen molar-refractivity contribution in [1.82, 2.24) is 4.90 Å². The van der Waals surface area contributed by atoms with E-state index in [1.54, 1.807) is 12.1 Å². The largest absolute Gasteiger partial charge is 0.463 e. The van der Waals surface area contributed by atoms with Gasteiger partial charge in [-0.25, -0.2) is 9.18 Å². The fourth-order valence-electron chi connectivity index (χ4n) is 3.62. The van der Waals surface area contributed by atoms with Crippen LogP contribution >= 0.6 is 11.8 Å². The van der Waals surface area contributed by atoms with Crippen LogP contribution in [0.4, 0.5) is 14.9 Å². The van der Waals surface area contributed by atoms with Gasteiger partial charge in [-0.05, 0) is 66.9 Å². The summed E-state index contributed by atoms with van der Waals surface area (Å²) in [6.45, 7) is 1.56. The molecule has 0 radical (unpaired) electrons. The zero-order valence-electron chi connectivity index (χ0n) is 16.9. The first-order chi connectivity index (χ1) is 15.0. The Balaban J connectivity index is 1.48. The Bertz CT molecular complexity index is 1060. The van der Waals surface area contributed by atoms with E-state index in [0.717, 1.165) is 49.0 Å². The zero-order chi connectivity index (χ0) is 22.0. The first kappa shape index (κ1) is 21.2. The lowest BCUT2D eigenvalue weighted by molar-refractivity contribution is -0.123. The number of halogens is 1. The number of furan rings is 1. The highest BCUT2D eigenvalue weighted by atomic mass is 32.2. The average molecular weight is 444 g/mol. The van der Waals surface area contributed by atoms with Crippen LogP contribution in [-0.4, -0.2) is 42.2 Å². The average Bonchev–Trinajstić information content (AvgIpc) is 3.34. The second kappa shape index (κ2) is 8.97. The van der Waals surface area contributed by atoms with Gasteiger partial charge >= 0.3 is 5.97 Å². The SMILES string of the molecule is COC(=O)c1ccc(CN2C(=O)SC(=Cc3ccc(N4CCCCC4)c(F)c3)C2=O)o1. The molecule has 1 aromatic carbocycles. The van der Waals surface area contributed by atoms with Crippen LogP contribution in [0.1, 0.15) is 41.1 Å². The number of methoxy groups -OCH3 is 1. The molecule has 2 aliphatic heterocycles. The van der Waals surface area contributed by atoms with Crippen LogP contribution in [0.3, 0.4) is 0 Å². The van der Waals surface area contributed by atoms with Crippen LogP contribution in [0.25, 0.3) is 6.08 Å². The number of piperidine rings is 1. The van der Waals surface area contributed by atoms with Gasteiger partial charge in [-0.2, -0.15) is 0 Å². The van der Waals surface area contributed by atoms with Crippen molar-refractivity contribution in [2.75, 3.05) is 25.1 Å². The van der Waals surface area contributed by atoms with E-state index in [4.69, 9.17) is 4.42 Å². The lowest BCUT2D eigenvalue weighted by atomic mass is 10.1. The van der Waals surface area contributed by atoms with Crippen molar-refractivity contribution in [3.8, 4) is 0 Å². The minimum Gasteiger partial charge on any atom is -0.463 e. The molecule has 0 spiro atoms. The van der Waals surface area contributed by atoms with E-state index in [1.165, 1.54) is 31.4 Å². The van der Waals surface area contributed by atoms with E-state index in [1.807, 2.05) is 4.90 Å². The van der Waals surface area contributed by atoms with Crippen LogP contribution in [-0.2, 0) is 16.1 Å². The van der Waals surface area contributed by atoms with Gasteiger partial charge in [-0.15, -0.1) is 0 Å². The number of hydrogen-bond donors (Lipinski definition) is 0. The molecule has 0 bridgehead atoms. The summed E-state index contributed by atoms with van der Waals surface area (Å²) in [5.74, 6) is -1.21. The fourth-order valence-corrected chi connectivity index (χ4v) is 4.46. The fraction of sp³-hybridized carbons (Fsp3) is 0.318. The van der Waals surface area contributed by atoms with E-state index in [9.17, 15) is 18.8 Å². The Morgan fingerprint density at radius 2 is 1.97 bits per heavy atom. The van der Waals surface area contributed by atoms with Gasteiger partial charge in [0.15, 0.2) is 0 Å². The number of rotatable bonds is 5. The van der Waals surface area contributed by atoms with Crippen LogP contribution in [0.5, 0.6) is 0 Å². The van der Waals surface area contributed by atoms with Gasteiger partial charge in [0.25, 0.3) is 11.1 Å². The number of carbonyl (C=O) groups excluding carboxylic acids is 3. The molecule has 7 nitrogen and oxygen atoms in total. The lowest BCUT2D eigenvalue weighted by Crippen LogP contribution is -2.30. The number of benzene rings is 1. The third-order valence-electron chi connectivity index (χ3n) is 5.20. The molecule has 0 unspecified atom stereocenters. The van der Waals surface area contributed by atoms with Gasteiger partial charge in [0.1, 0.15) is 11.6 Å². The number of carbonyl (C=O) groups is 3. The molecule has 0 N–H and O–H groups in total. The number of ether oxygens (including phenoxy) is 1. The molecule has 2 aromatic rings. The normalized spacial score (nSPS) is 18.2. The van der Waals surface area contributed by atoms with Gasteiger partial charge in [-0.1, -0.05) is 6.07 Å². The molecular weight excluding hydrogens is 423 g/mol. The number of nitrogens with zero attached hydrogens (tertiary/aromatic N) is 2. The summed E-state index contributed by atoms with van der Waals surface area (Å²) >= 11 is 0.784. The number of esters is 1. The standard InChI is InChI=1S/C22H21FN2O5S/c1-29-21(27)18-8-6-15(30-18)13-25-20(26)19(31-22(25)28)12-14-5-7-17(16(23)11-14)24-9-3-2-4-10-24/h5-8,11-12H,2-4,9-10,13H2,1H3. The second-order valence-corrected chi connectivity index (χ2v) is 8.28. The summed E-state index contributed by atoms with van der Waals surface area (Å²) in [5.41, 5.74) is 1.07. The number of amides is 2. The highest BCUT2D eigenvalue weighted by Gasteiger charge is 2.35. The predicted molar refractivity (Wildman–Crippen MR) is 114 cm³/mol. The van der Waals surface area contributed by atoms with Gasteiger partial charge in [-0.3, -0.25) is 14.5 Å². The lowest BCUT2D eigenvalue weighted by Gasteiger charge is -2.29. The molecule has 0 atom stereocenters. The van der Waals surface area contributed by atoms with Crippen molar-refractivity contribution in [2.24, 2.45) is 0 Å². The maximum absolute atomic E-state index is 14.7. The number of thioether (sulfide) groups is 1. The van der Waals surface area contributed by atoms with Crippen molar-refractivity contribution in [1.29, 1.82) is 0 Å². The highest BCUT2D eigenvalue weighted by Crippen LogP contribution is 2.34. The first-order valence-electron chi connectivity index (χ1n) is 9.93. The Hall–Kier alpha value is -3.07. The van der Waals surface area contributed by atoms with Crippen molar-refractivity contribution in [3.63, 3.8) is 0 Å². The summed E-state index contributed by atoms with van der Waals surface area (Å²) in [7, 11) is 1.23. The molecule has 3 heterocycles. The molecule has 4 rings (SSSR count). The summed E-state index contributed by atoms with van der Waals surface area (Å²) in [6.07, 6.45) is 4.76. The van der Waals surface area contributed by atoms with E-state index >= 15 is 0 Å². The molecule has 2 fully saturated rings. The minimum absolute atomic E-state index is 0.00992. The van der Waals surface area contributed by atoms with Gasteiger partial charge in [0.05, 0.1) is 24.2 Å². The molecule has 31 heavy (non-hydrogen) atoms. The highest BCUT2D eigenvalue weighted by molar-refractivity contribution is 8.18. The summed E-state index contributed by atoms with van der Waals surface area (Å²) in [6, 6.07) is 7.77. The molecular formula is C22H21FN2O5S. The number of hydrogen-bond acceptors (Lipinski definition) is 7. The summed E-state index contributed by atoms with van der Waals surface area (Å²) in [4.78, 5) is 39.8. The molecule has 1 aromatic heterocycles. The van der Waals surface area contributed by atoms with Gasteiger partial charge in [0, 0.05) is 13.1 Å². The third-order valence-corrected chi connectivity index (χ3v) is 6.11. The van der Waals surface area contributed by atoms with Crippen LogP contribution in [0, 0.1) is 5.82 Å². The van der Waals surface area contributed by atoms with Crippen molar-refractivity contribution >= 4 is 40.6 Å². The molecule has 2 amide bonds. The Kier molecular flexibility index (Phi) is 6.13. The zero-order valence-corrected chi connectivity index (χ0v) is 17.7. The monoisotopic (exact) mass is 444 g/mol. The Morgan fingerprint density at radius 1 is 1.19 bits per heavy atom. The van der Waals surface area contributed by atoms with Crippen LogP contribution in [0.2, 0.25) is 0 Å². The van der Waals surface area contributed by atoms with E-state index in [0.29, 0.717) is 11.3 Å². The maximum atomic E-state index is 14.7. The second-order valence-electron chi connectivity index (χ2n) is 7.28. The summed E-state index contributed by atoms with van der Waals surface area (Å²) in [5, 5.41) is -0.460. The first-order valence-corrected chi connectivity index (χ1v) is 10.7. The van der Waals surface area contributed by atoms with Gasteiger partial charge < -0.3 is 14.1 Å². The molecule has 9 heteroatoms. The van der Waals surface area contributed by atoms with Crippen molar-refractivity contribution in [2.45, 2.75) is 25.8 Å². The number of anilines is 1. The molecule has 0 saturated carbocycles. The Morgan fingerprint density at radius 3 is 2.68 bits per heavy atom. The summed E-state index contributed by atoms with van der Waals surface area (Å²) < 4.78 is 24.6. The quantitative estimate of drug-likeness (QED) is 0.498. The molecule has 2 saturated heterocycles. The van der Waals surface area contributed by atoms with Crippen LogP contribution in [0.15, 0.2) is 39.7 Å². The smallest absolute Gasteiger partial charge is 0.373 e. The maximum Gasteiger partial charge on any atom is 0.373 e. The van der Waals surface area contributed by atoms with E-state index in [-0.39, 0.29) is 28.8 Å². The molecule has 2 aliphatic rings. The molecule has 162 valence electrons. The van der Waals surface area contributed by atoms with E-state index in [2.05, 4.69) is 4.74 Å². The predicted octanol–water partition coefficient (Wildman–Crippen LogP) is 4.43. The Labute approximate surface area is 182 Å². The van der Waals surface area contributed by atoms with E-state index < -0.39 is 17.1 Å². The minimum atomic E-state index is -0.643. The van der Waals surface area contributed by atoms with Crippen molar-refractivity contribution < 1.29 is 27.9 Å². The third kappa shape index (κ3) is 4.51. The van der Waals surface area contributed by atoms with Crippen LogP contribution < -0.4 is 4.90 Å². The molecule has 0 aliphatic carbocycles.